The molecule has 51 heavy (non-hydrogen) atoms. The number of nitrogens with one attached hydrogen (secondary N) is 2. The topological polar surface area (TPSA) is 134 Å². The van der Waals surface area contributed by atoms with Crippen LogP contribution in [0.1, 0.15) is 5.56 Å². The molecular weight excluding hydrogens is 703 g/mol. The Kier molecular flexibility index (Phi) is 10.4. The molecule has 4 aromatic carbocycles. The molecule has 0 amide bonds. The zero-order valence-electron chi connectivity index (χ0n) is 27.5. The maximum Gasteiger partial charge on any atom is 0.293 e. The molecule has 1 saturated heterocycles. The van der Waals surface area contributed by atoms with Crippen LogP contribution in [-0.2, 0) is 16.6 Å². The standard InChI is InChI=1S/C37H35N7O4S3/c45-44(46)35-24-30(13-15-33(35)38-16-22-50-36-11-6-21-49-36)51(47,48)41-37-32-14-12-29(23-34(32)39-26-40-37)43-19-17-42(18-20-43)25-28-9-4-5-10-31(28)27-7-2-1-3-8-27/h1-15,21,23-24,26,38H,16-20,22,25H2,(H,39,40,41). The lowest BCUT2D eigenvalue weighted by atomic mass is 9.99. The van der Waals surface area contributed by atoms with Gasteiger partial charge in [-0.2, -0.15) is 0 Å². The lowest BCUT2D eigenvalue weighted by Crippen LogP contribution is -2.46. The molecule has 2 aromatic heterocycles. The number of sulfonamides is 1. The van der Waals surface area contributed by atoms with Crippen LogP contribution in [0.2, 0.25) is 0 Å². The number of aromatic nitrogens is 2. The van der Waals surface area contributed by atoms with Gasteiger partial charge >= 0.3 is 0 Å². The van der Waals surface area contributed by atoms with Crippen molar-refractivity contribution in [1.82, 2.24) is 14.9 Å². The van der Waals surface area contributed by atoms with Crippen LogP contribution >= 0.6 is 23.1 Å². The molecule has 14 heteroatoms. The largest absolute Gasteiger partial charge is 0.379 e. The van der Waals surface area contributed by atoms with Gasteiger partial charge in [0.15, 0.2) is 5.82 Å². The fourth-order valence-corrected chi connectivity index (χ4v) is 8.90. The van der Waals surface area contributed by atoms with Crippen molar-refractivity contribution in [2.45, 2.75) is 15.6 Å². The summed E-state index contributed by atoms with van der Waals surface area (Å²) in [5, 5.41) is 17.5. The number of benzene rings is 4. The molecule has 0 spiro atoms. The van der Waals surface area contributed by atoms with Gasteiger partial charge in [0.25, 0.3) is 15.7 Å². The number of nitro benzene ring substituents is 1. The molecule has 3 heterocycles. The molecular formula is C37H35N7O4S3. The fraction of sp³-hybridized carbons (Fsp3) is 0.189. The van der Waals surface area contributed by atoms with Gasteiger partial charge in [-0.3, -0.25) is 19.7 Å². The molecule has 11 nitrogen and oxygen atoms in total. The van der Waals surface area contributed by atoms with Gasteiger partial charge in [0.1, 0.15) is 12.0 Å². The summed E-state index contributed by atoms with van der Waals surface area (Å²) in [6, 6.07) is 32.6. The number of fused-ring (bicyclic) bond motifs is 1. The van der Waals surface area contributed by atoms with Gasteiger partial charge in [-0.05, 0) is 58.5 Å². The average molecular weight is 738 g/mol. The van der Waals surface area contributed by atoms with Crippen LogP contribution in [-0.4, -0.2) is 66.7 Å². The van der Waals surface area contributed by atoms with E-state index in [1.54, 1.807) is 23.1 Å². The van der Waals surface area contributed by atoms with Crippen LogP contribution < -0.4 is 14.9 Å². The zero-order valence-corrected chi connectivity index (χ0v) is 30.0. The van der Waals surface area contributed by atoms with E-state index < -0.39 is 14.9 Å². The summed E-state index contributed by atoms with van der Waals surface area (Å²) < 4.78 is 30.6. The maximum absolute atomic E-state index is 13.5. The third-order valence-corrected chi connectivity index (χ3v) is 12.2. The van der Waals surface area contributed by atoms with E-state index in [2.05, 4.69) is 78.3 Å². The van der Waals surface area contributed by atoms with Crippen LogP contribution in [0, 0.1) is 10.1 Å². The summed E-state index contributed by atoms with van der Waals surface area (Å²) >= 11 is 3.27. The van der Waals surface area contributed by atoms with Crippen LogP contribution in [0.15, 0.2) is 124 Å². The summed E-state index contributed by atoms with van der Waals surface area (Å²) in [4.78, 5) is 24.5. The van der Waals surface area contributed by atoms with Crippen LogP contribution in [0.3, 0.4) is 0 Å². The quantitative estimate of drug-likeness (QED) is 0.0529. The molecule has 2 N–H and O–H groups in total. The van der Waals surface area contributed by atoms with Crippen molar-refractivity contribution in [3.8, 4) is 11.1 Å². The number of hydrogen-bond acceptors (Lipinski definition) is 11. The van der Waals surface area contributed by atoms with E-state index in [1.807, 2.05) is 41.8 Å². The zero-order chi connectivity index (χ0) is 35.2. The first-order valence-electron chi connectivity index (χ1n) is 16.4. The second-order valence-electron chi connectivity index (χ2n) is 12.0. The van der Waals surface area contributed by atoms with E-state index in [-0.39, 0.29) is 22.1 Å². The molecule has 0 unspecified atom stereocenters. The third kappa shape index (κ3) is 8.15. The second-order valence-corrected chi connectivity index (χ2v) is 16.0. The number of thiophene rings is 1. The normalized spacial score (nSPS) is 13.7. The lowest BCUT2D eigenvalue weighted by Gasteiger charge is -2.36. The van der Waals surface area contributed by atoms with E-state index in [1.165, 1.54) is 35.2 Å². The van der Waals surface area contributed by atoms with Gasteiger partial charge in [-0.15, -0.1) is 23.1 Å². The highest BCUT2D eigenvalue weighted by atomic mass is 32.2. The van der Waals surface area contributed by atoms with Gasteiger partial charge in [-0.1, -0.05) is 60.7 Å². The Bertz CT molecular complexity index is 2250. The second kappa shape index (κ2) is 15.5. The van der Waals surface area contributed by atoms with Crippen molar-refractivity contribution in [1.29, 1.82) is 0 Å². The van der Waals surface area contributed by atoms with Crippen molar-refractivity contribution in [2.24, 2.45) is 0 Å². The Morgan fingerprint density at radius 3 is 2.47 bits per heavy atom. The molecule has 1 fully saturated rings. The minimum Gasteiger partial charge on any atom is -0.379 e. The Balaban J connectivity index is 1.01. The number of hydrogen-bond donors (Lipinski definition) is 2. The van der Waals surface area contributed by atoms with Crippen molar-refractivity contribution >= 4 is 66.9 Å². The van der Waals surface area contributed by atoms with E-state index in [4.69, 9.17) is 0 Å². The Morgan fingerprint density at radius 2 is 1.69 bits per heavy atom. The smallest absolute Gasteiger partial charge is 0.293 e. The predicted octanol–water partition coefficient (Wildman–Crippen LogP) is 7.59. The molecule has 0 saturated carbocycles. The highest BCUT2D eigenvalue weighted by Crippen LogP contribution is 2.32. The predicted molar refractivity (Wildman–Crippen MR) is 206 cm³/mol. The fourth-order valence-electron chi connectivity index (χ4n) is 6.13. The van der Waals surface area contributed by atoms with Crippen LogP contribution in [0.25, 0.3) is 22.0 Å². The molecule has 7 rings (SSSR count). The molecule has 0 radical (unpaired) electrons. The SMILES string of the molecule is O=[N+]([O-])c1cc(S(=O)(=O)Nc2ncnc3cc(N4CCN(Cc5ccccc5-c5ccccc5)CC4)ccc23)ccc1NCCSc1cccs1. The first-order chi connectivity index (χ1) is 24.8. The first-order valence-corrected chi connectivity index (χ1v) is 19.8. The maximum atomic E-state index is 13.5. The van der Waals surface area contributed by atoms with Gasteiger partial charge < -0.3 is 10.2 Å². The number of nitro groups is 1. The van der Waals surface area contributed by atoms with Crippen molar-refractivity contribution in [2.75, 3.05) is 53.4 Å². The summed E-state index contributed by atoms with van der Waals surface area (Å²) in [6.45, 7) is 4.79. The van der Waals surface area contributed by atoms with E-state index in [0.29, 0.717) is 23.2 Å². The van der Waals surface area contributed by atoms with Crippen molar-refractivity contribution < 1.29 is 13.3 Å². The Morgan fingerprint density at radius 1 is 0.882 bits per heavy atom. The van der Waals surface area contributed by atoms with Crippen LogP contribution in [0.4, 0.5) is 22.9 Å². The van der Waals surface area contributed by atoms with Crippen LogP contribution in [0.5, 0.6) is 0 Å². The average Bonchev–Trinajstić information content (AvgIpc) is 3.68. The molecule has 0 bridgehead atoms. The molecule has 260 valence electrons. The molecule has 0 atom stereocenters. The number of rotatable bonds is 13. The van der Waals surface area contributed by atoms with Crippen molar-refractivity contribution in [3.05, 3.63) is 131 Å². The summed E-state index contributed by atoms with van der Waals surface area (Å²) in [5.74, 6) is 0.797. The van der Waals surface area contributed by atoms with Gasteiger partial charge in [-0.25, -0.2) is 18.4 Å². The summed E-state index contributed by atoms with van der Waals surface area (Å²) in [6.07, 6.45) is 1.32. The summed E-state index contributed by atoms with van der Waals surface area (Å²) in [5.41, 5.74) is 5.28. The monoisotopic (exact) mass is 737 g/mol. The molecule has 0 aliphatic carbocycles. The van der Waals surface area contributed by atoms with E-state index in [0.717, 1.165) is 48.7 Å². The molecule has 1 aliphatic rings. The van der Waals surface area contributed by atoms with E-state index in [9.17, 15) is 18.5 Å². The van der Waals surface area contributed by atoms with Gasteiger partial charge in [0.05, 0.1) is 19.5 Å². The van der Waals surface area contributed by atoms with E-state index >= 15 is 0 Å². The Labute approximate surface area is 304 Å². The third-order valence-electron chi connectivity index (χ3n) is 8.72. The minimum atomic E-state index is -4.21. The number of piperazine rings is 1. The highest BCUT2D eigenvalue weighted by molar-refractivity contribution is 8.01. The minimum absolute atomic E-state index is 0.101. The van der Waals surface area contributed by atoms with Gasteiger partial charge in [0, 0.05) is 62.2 Å². The Hall–Kier alpha value is -5.02. The number of anilines is 3. The number of thioether (sulfide) groups is 1. The number of nitrogens with zero attached hydrogens (tertiary/aromatic N) is 5. The first kappa shape index (κ1) is 34.4. The summed E-state index contributed by atoms with van der Waals surface area (Å²) in [7, 11) is -4.21. The molecule has 1 aliphatic heterocycles. The van der Waals surface area contributed by atoms with Crippen molar-refractivity contribution in [3.63, 3.8) is 0 Å². The van der Waals surface area contributed by atoms with Gasteiger partial charge in [0.2, 0.25) is 0 Å². The lowest BCUT2D eigenvalue weighted by molar-refractivity contribution is -0.384. The molecule has 6 aromatic rings. The highest BCUT2D eigenvalue weighted by Gasteiger charge is 2.24.